The lowest BCUT2D eigenvalue weighted by molar-refractivity contribution is -0.148. The van der Waals surface area contributed by atoms with E-state index in [1.165, 1.54) is 0 Å². The fourth-order valence-electron chi connectivity index (χ4n) is 4.46. The van der Waals surface area contributed by atoms with Gasteiger partial charge in [0.25, 0.3) is 0 Å². The zero-order valence-corrected chi connectivity index (χ0v) is 20.3. The topological polar surface area (TPSA) is 77.5 Å². The number of methoxy groups -OCH3 is 3. The largest absolute Gasteiger partial charge is 0.497 e. The van der Waals surface area contributed by atoms with E-state index >= 15 is 0 Å². The first-order valence-corrected chi connectivity index (χ1v) is 11.5. The van der Waals surface area contributed by atoms with Gasteiger partial charge >= 0.3 is 5.97 Å². The fourth-order valence-corrected chi connectivity index (χ4v) is 4.46. The van der Waals surface area contributed by atoms with Gasteiger partial charge in [-0.1, -0.05) is 36.4 Å². The van der Waals surface area contributed by atoms with Gasteiger partial charge in [-0.15, -0.1) is 0 Å². The third-order valence-corrected chi connectivity index (χ3v) is 6.52. The lowest BCUT2D eigenvalue weighted by Crippen LogP contribution is -2.51. The summed E-state index contributed by atoms with van der Waals surface area (Å²) in [6.45, 7) is 2.13. The summed E-state index contributed by atoms with van der Waals surface area (Å²) < 4.78 is 23.0. The molecular formula is C28H31NO6. The number of ether oxygens (including phenoxy) is 4. The first-order valence-electron chi connectivity index (χ1n) is 11.5. The SMILES string of the molecule is COc1ccc(C(OCCN2CC(C(=O)O)C2)(c2ccc(OC)cc2)c2ccc(OC)cc2)cc1. The van der Waals surface area contributed by atoms with Crippen LogP contribution in [-0.2, 0) is 15.1 Å². The molecule has 1 heterocycles. The van der Waals surface area contributed by atoms with Crippen LogP contribution in [0.25, 0.3) is 0 Å². The standard InChI is InChI=1S/C28H31NO6/c1-32-24-10-4-21(5-11-24)28(22-6-12-25(33-2)13-7-22,23-8-14-26(34-3)15-9-23)35-17-16-29-18-20(19-29)27(30)31/h4-15,20H,16-19H2,1-3H3,(H,30,31). The third-order valence-electron chi connectivity index (χ3n) is 6.52. The minimum absolute atomic E-state index is 0.301. The first-order chi connectivity index (χ1) is 17.0. The highest BCUT2D eigenvalue weighted by atomic mass is 16.5. The van der Waals surface area contributed by atoms with Crippen LogP contribution in [0.3, 0.4) is 0 Å². The molecule has 1 fully saturated rings. The van der Waals surface area contributed by atoms with Gasteiger partial charge in [-0.05, 0) is 53.1 Å². The molecule has 3 aromatic carbocycles. The van der Waals surface area contributed by atoms with E-state index in [0.717, 1.165) is 33.9 Å². The maximum absolute atomic E-state index is 11.2. The summed E-state index contributed by atoms with van der Waals surface area (Å²) in [6.07, 6.45) is 0. The molecule has 184 valence electrons. The summed E-state index contributed by atoms with van der Waals surface area (Å²) >= 11 is 0. The van der Waals surface area contributed by atoms with Crippen LogP contribution in [0.2, 0.25) is 0 Å². The first kappa shape index (κ1) is 24.6. The average molecular weight is 478 g/mol. The number of nitrogens with zero attached hydrogens (tertiary/aromatic N) is 1. The van der Waals surface area contributed by atoms with Crippen LogP contribution in [0, 0.1) is 5.92 Å². The van der Waals surface area contributed by atoms with Gasteiger partial charge in [0.1, 0.15) is 22.8 Å². The van der Waals surface area contributed by atoms with Gasteiger partial charge < -0.3 is 24.1 Å². The van der Waals surface area contributed by atoms with Crippen molar-refractivity contribution in [1.29, 1.82) is 0 Å². The second-order valence-electron chi connectivity index (χ2n) is 8.51. The van der Waals surface area contributed by atoms with Crippen molar-refractivity contribution < 1.29 is 28.8 Å². The third kappa shape index (κ3) is 5.11. The molecule has 0 saturated carbocycles. The van der Waals surface area contributed by atoms with Gasteiger partial charge in [-0.3, -0.25) is 9.69 Å². The van der Waals surface area contributed by atoms with E-state index in [-0.39, 0.29) is 5.92 Å². The molecule has 1 aliphatic rings. The Bertz CT molecular complexity index is 990. The molecule has 0 aromatic heterocycles. The van der Waals surface area contributed by atoms with Crippen molar-refractivity contribution >= 4 is 5.97 Å². The number of carbonyl (C=O) groups is 1. The van der Waals surface area contributed by atoms with Crippen LogP contribution in [0.1, 0.15) is 16.7 Å². The average Bonchev–Trinajstić information content (AvgIpc) is 2.88. The van der Waals surface area contributed by atoms with Gasteiger partial charge in [0.15, 0.2) is 0 Å². The van der Waals surface area contributed by atoms with Crippen molar-refractivity contribution in [1.82, 2.24) is 4.90 Å². The molecule has 35 heavy (non-hydrogen) atoms. The zero-order valence-electron chi connectivity index (χ0n) is 20.3. The lowest BCUT2D eigenvalue weighted by Gasteiger charge is -2.39. The van der Waals surface area contributed by atoms with Gasteiger partial charge in [0.05, 0.1) is 33.9 Å². The molecular weight excluding hydrogens is 446 g/mol. The molecule has 4 rings (SSSR count). The number of hydrogen-bond donors (Lipinski definition) is 1. The minimum atomic E-state index is -0.915. The molecule has 1 N–H and O–H groups in total. The molecule has 0 radical (unpaired) electrons. The van der Waals surface area contributed by atoms with E-state index in [0.29, 0.717) is 26.2 Å². The molecule has 0 spiro atoms. The molecule has 7 nitrogen and oxygen atoms in total. The quantitative estimate of drug-likeness (QED) is 0.418. The van der Waals surface area contributed by atoms with E-state index in [9.17, 15) is 9.90 Å². The number of carboxylic acid groups (broad SMARTS) is 1. The summed E-state index contributed by atoms with van der Waals surface area (Å²) in [5.41, 5.74) is 1.92. The summed E-state index contributed by atoms with van der Waals surface area (Å²) in [5, 5.41) is 9.19. The highest BCUT2D eigenvalue weighted by Crippen LogP contribution is 2.42. The van der Waals surface area contributed by atoms with Crippen LogP contribution in [-0.4, -0.2) is 63.5 Å². The smallest absolute Gasteiger partial charge is 0.309 e. The molecule has 1 aliphatic heterocycles. The molecule has 0 aliphatic carbocycles. The Morgan fingerprint density at radius 2 is 1.14 bits per heavy atom. The van der Waals surface area contributed by atoms with Crippen LogP contribution >= 0.6 is 0 Å². The van der Waals surface area contributed by atoms with Crippen LogP contribution in [0.15, 0.2) is 72.8 Å². The molecule has 7 heteroatoms. The highest BCUT2D eigenvalue weighted by Gasteiger charge is 2.39. The fraction of sp³-hybridized carbons (Fsp3) is 0.321. The molecule has 3 aromatic rings. The van der Waals surface area contributed by atoms with Crippen LogP contribution in [0.5, 0.6) is 17.2 Å². The van der Waals surface area contributed by atoms with E-state index < -0.39 is 11.6 Å². The number of likely N-dealkylation sites (tertiary alicyclic amines) is 1. The molecule has 0 amide bonds. The second kappa shape index (κ2) is 10.8. The Labute approximate surface area is 205 Å². The van der Waals surface area contributed by atoms with Crippen molar-refractivity contribution in [3.8, 4) is 17.2 Å². The predicted molar refractivity (Wildman–Crippen MR) is 132 cm³/mol. The van der Waals surface area contributed by atoms with Crippen molar-refractivity contribution in [2.45, 2.75) is 5.60 Å². The van der Waals surface area contributed by atoms with E-state index in [1.807, 2.05) is 72.8 Å². The monoisotopic (exact) mass is 477 g/mol. The summed E-state index contributed by atoms with van der Waals surface area (Å²) in [5.74, 6) is 1.22. The summed E-state index contributed by atoms with van der Waals surface area (Å²) in [4.78, 5) is 13.3. The zero-order chi connectivity index (χ0) is 24.8. The number of benzene rings is 3. The van der Waals surface area contributed by atoms with E-state index in [4.69, 9.17) is 18.9 Å². The number of carboxylic acids is 1. The molecule has 0 bridgehead atoms. The molecule has 1 saturated heterocycles. The van der Waals surface area contributed by atoms with Gasteiger partial charge in [0, 0.05) is 19.6 Å². The highest BCUT2D eigenvalue weighted by molar-refractivity contribution is 5.71. The van der Waals surface area contributed by atoms with E-state index in [2.05, 4.69) is 4.90 Å². The number of aliphatic carboxylic acids is 1. The Kier molecular flexibility index (Phi) is 7.58. The number of rotatable bonds is 11. The van der Waals surface area contributed by atoms with Gasteiger partial charge in [-0.2, -0.15) is 0 Å². The normalized spacial score (nSPS) is 14.3. The van der Waals surface area contributed by atoms with Crippen molar-refractivity contribution in [2.24, 2.45) is 5.92 Å². The van der Waals surface area contributed by atoms with Gasteiger partial charge in [-0.25, -0.2) is 0 Å². The number of hydrogen-bond acceptors (Lipinski definition) is 6. The van der Waals surface area contributed by atoms with E-state index in [1.54, 1.807) is 21.3 Å². The molecule has 0 atom stereocenters. The second-order valence-corrected chi connectivity index (χ2v) is 8.51. The van der Waals surface area contributed by atoms with Crippen molar-refractivity contribution in [2.75, 3.05) is 47.6 Å². The van der Waals surface area contributed by atoms with Crippen molar-refractivity contribution in [3.05, 3.63) is 89.5 Å². The van der Waals surface area contributed by atoms with Gasteiger partial charge in [0.2, 0.25) is 0 Å². The summed E-state index contributed by atoms with van der Waals surface area (Å²) in [7, 11) is 4.93. The molecule has 0 unspecified atom stereocenters. The Morgan fingerprint density at radius 3 is 1.46 bits per heavy atom. The Morgan fingerprint density at radius 1 is 0.771 bits per heavy atom. The predicted octanol–water partition coefficient (Wildman–Crippen LogP) is 4.04. The summed E-state index contributed by atoms with van der Waals surface area (Å²) in [6, 6.07) is 23.6. The minimum Gasteiger partial charge on any atom is -0.497 e. The lowest BCUT2D eigenvalue weighted by atomic mass is 9.80. The van der Waals surface area contributed by atoms with Crippen molar-refractivity contribution in [3.63, 3.8) is 0 Å². The van der Waals surface area contributed by atoms with Crippen LogP contribution < -0.4 is 14.2 Å². The Hall–Kier alpha value is -3.55. The Balaban J connectivity index is 1.74. The maximum Gasteiger partial charge on any atom is 0.309 e. The van der Waals surface area contributed by atoms with Crippen LogP contribution in [0.4, 0.5) is 0 Å². The maximum atomic E-state index is 11.2.